The van der Waals surface area contributed by atoms with Gasteiger partial charge in [0.2, 0.25) is 0 Å². The molecule has 0 bridgehead atoms. The maximum Gasteiger partial charge on any atom is 0.123 e. The smallest absolute Gasteiger partial charge is 0.123 e. The fourth-order valence-electron chi connectivity index (χ4n) is 3.20. The molecule has 0 aliphatic carbocycles. The molecular formula is C14H21N3O. The van der Waals surface area contributed by atoms with Gasteiger partial charge in [0.25, 0.3) is 0 Å². The molecule has 0 aromatic heterocycles. The molecule has 2 aliphatic heterocycles. The molecular weight excluding hydrogens is 226 g/mol. The molecule has 2 N–H and O–H groups in total. The van der Waals surface area contributed by atoms with Crippen molar-refractivity contribution >= 4 is 0 Å². The summed E-state index contributed by atoms with van der Waals surface area (Å²) in [6.45, 7) is 2.31. The Balaban J connectivity index is 1.87. The molecule has 0 radical (unpaired) electrons. The van der Waals surface area contributed by atoms with Gasteiger partial charge >= 0.3 is 0 Å². The Bertz CT molecular complexity index is 423. The number of benzene rings is 1. The van der Waals surface area contributed by atoms with Gasteiger partial charge in [0.1, 0.15) is 5.75 Å². The van der Waals surface area contributed by atoms with Crippen molar-refractivity contribution < 1.29 is 4.74 Å². The van der Waals surface area contributed by atoms with E-state index >= 15 is 0 Å². The molecule has 98 valence electrons. The minimum atomic E-state index is 0.342. The minimum absolute atomic E-state index is 0.342. The second-order valence-electron chi connectivity index (χ2n) is 5.33. The highest BCUT2D eigenvalue weighted by Crippen LogP contribution is 2.36. The summed E-state index contributed by atoms with van der Waals surface area (Å²) in [6, 6.07) is 9.23. The van der Waals surface area contributed by atoms with Crippen LogP contribution in [0, 0.1) is 5.92 Å². The number of hydrazine groups is 1. The first-order valence-electron chi connectivity index (χ1n) is 6.62. The van der Waals surface area contributed by atoms with Gasteiger partial charge in [-0.15, -0.1) is 0 Å². The van der Waals surface area contributed by atoms with Crippen LogP contribution >= 0.6 is 0 Å². The number of ether oxygens (including phenoxy) is 1. The highest BCUT2D eigenvalue weighted by atomic mass is 16.5. The van der Waals surface area contributed by atoms with Crippen molar-refractivity contribution in [1.29, 1.82) is 0 Å². The van der Waals surface area contributed by atoms with E-state index in [0.717, 1.165) is 12.3 Å². The highest BCUT2D eigenvalue weighted by Gasteiger charge is 2.40. The SMILES string of the molecule is COc1ccccc1C1NNC2CCN(C)CC21. The molecule has 3 atom stereocenters. The van der Waals surface area contributed by atoms with Gasteiger partial charge in [-0.05, 0) is 26.1 Å². The van der Waals surface area contributed by atoms with Crippen molar-refractivity contribution in [2.45, 2.75) is 18.5 Å². The normalized spacial score (nSPS) is 32.2. The number of fused-ring (bicyclic) bond motifs is 1. The summed E-state index contributed by atoms with van der Waals surface area (Å²) in [4.78, 5) is 2.41. The fraction of sp³-hybridized carbons (Fsp3) is 0.571. The summed E-state index contributed by atoms with van der Waals surface area (Å²) in [7, 11) is 3.94. The fourth-order valence-corrected chi connectivity index (χ4v) is 3.20. The van der Waals surface area contributed by atoms with Crippen molar-refractivity contribution in [3.8, 4) is 5.75 Å². The van der Waals surface area contributed by atoms with Gasteiger partial charge in [0.15, 0.2) is 0 Å². The number of methoxy groups -OCH3 is 1. The van der Waals surface area contributed by atoms with Crippen molar-refractivity contribution in [3.05, 3.63) is 29.8 Å². The molecule has 2 fully saturated rings. The van der Waals surface area contributed by atoms with E-state index in [4.69, 9.17) is 4.74 Å². The molecule has 4 heteroatoms. The van der Waals surface area contributed by atoms with Crippen LogP contribution in [0.25, 0.3) is 0 Å². The van der Waals surface area contributed by atoms with E-state index in [9.17, 15) is 0 Å². The first-order chi connectivity index (χ1) is 8.79. The maximum absolute atomic E-state index is 5.48. The van der Waals surface area contributed by atoms with Gasteiger partial charge < -0.3 is 9.64 Å². The van der Waals surface area contributed by atoms with E-state index in [-0.39, 0.29) is 0 Å². The zero-order valence-electron chi connectivity index (χ0n) is 11.0. The number of para-hydroxylation sites is 1. The summed E-state index contributed by atoms with van der Waals surface area (Å²) < 4.78 is 5.48. The van der Waals surface area contributed by atoms with Gasteiger partial charge in [-0.3, -0.25) is 5.43 Å². The molecule has 1 aromatic rings. The third-order valence-electron chi connectivity index (χ3n) is 4.19. The lowest BCUT2D eigenvalue weighted by Crippen LogP contribution is -2.43. The average molecular weight is 247 g/mol. The summed E-state index contributed by atoms with van der Waals surface area (Å²) in [5, 5.41) is 0. The largest absolute Gasteiger partial charge is 0.496 e. The number of hydrogen-bond acceptors (Lipinski definition) is 4. The maximum atomic E-state index is 5.48. The quantitative estimate of drug-likeness (QED) is 0.822. The van der Waals surface area contributed by atoms with Crippen LogP contribution in [0.5, 0.6) is 5.75 Å². The summed E-state index contributed by atoms with van der Waals surface area (Å²) in [5.41, 5.74) is 8.16. The molecule has 0 saturated carbocycles. The van der Waals surface area contributed by atoms with Gasteiger partial charge in [0, 0.05) is 24.1 Å². The number of hydrogen-bond donors (Lipinski definition) is 2. The van der Waals surface area contributed by atoms with Crippen molar-refractivity contribution in [2.75, 3.05) is 27.2 Å². The zero-order chi connectivity index (χ0) is 12.5. The van der Waals surface area contributed by atoms with E-state index in [1.807, 2.05) is 12.1 Å². The third kappa shape index (κ3) is 2.00. The molecule has 2 saturated heterocycles. The van der Waals surface area contributed by atoms with Crippen LogP contribution in [0.1, 0.15) is 18.0 Å². The standard InChI is InChI=1S/C14H21N3O/c1-17-8-7-12-11(9-17)14(16-15-12)10-5-3-4-6-13(10)18-2/h3-6,11-12,14-16H,7-9H2,1-2H3. The Morgan fingerprint density at radius 3 is 2.94 bits per heavy atom. The van der Waals surface area contributed by atoms with Crippen LogP contribution in [0.2, 0.25) is 0 Å². The molecule has 2 aliphatic rings. The van der Waals surface area contributed by atoms with E-state index in [2.05, 4.69) is 34.9 Å². The van der Waals surface area contributed by atoms with Crippen LogP contribution in [0.15, 0.2) is 24.3 Å². The second kappa shape index (κ2) is 4.88. The Kier molecular flexibility index (Phi) is 3.24. The van der Waals surface area contributed by atoms with Crippen LogP contribution in [-0.4, -0.2) is 38.2 Å². The predicted octanol–water partition coefficient (Wildman–Crippen LogP) is 1.16. The van der Waals surface area contributed by atoms with Crippen molar-refractivity contribution in [1.82, 2.24) is 15.8 Å². The van der Waals surface area contributed by atoms with E-state index in [1.165, 1.54) is 18.5 Å². The zero-order valence-corrected chi connectivity index (χ0v) is 11.0. The molecule has 0 spiro atoms. The topological polar surface area (TPSA) is 36.5 Å². The first kappa shape index (κ1) is 12.0. The summed E-state index contributed by atoms with van der Waals surface area (Å²) in [5.74, 6) is 1.59. The highest BCUT2D eigenvalue weighted by molar-refractivity contribution is 5.37. The molecule has 2 heterocycles. The molecule has 3 rings (SSSR count). The monoisotopic (exact) mass is 247 g/mol. The van der Waals surface area contributed by atoms with E-state index in [0.29, 0.717) is 18.0 Å². The number of nitrogens with one attached hydrogen (secondary N) is 2. The van der Waals surface area contributed by atoms with Gasteiger partial charge in [-0.1, -0.05) is 18.2 Å². The van der Waals surface area contributed by atoms with Gasteiger partial charge in [-0.25, -0.2) is 5.43 Å². The minimum Gasteiger partial charge on any atom is -0.496 e. The Morgan fingerprint density at radius 1 is 1.28 bits per heavy atom. The molecule has 4 nitrogen and oxygen atoms in total. The van der Waals surface area contributed by atoms with E-state index in [1.54, 1.807) is 7.11 Å². The predicted molar refractivity (Wildman–Crippen MR) is 71.4 cm³/mol. The Labute approximate surface area is 108 Å². The van der Waals surface area contributed by atoms with Crippen molar-refractivity contribution in [3.63, 3.8) is 0 Å². The lowest BCUT2D eigenvalue weighted by Gasteiger charge is -2.34. The van der Waals surface area contributed by atoms with Gasteiger partial charge in [-0.2, -0.15) is 0 Å². The van der Waals surface area contributed by atoms with Crippen molar-refractivity contribution in [2.24, 2.45) is 5.92 Å². The number of nitrogens with zero attached hydrogens (tertiary/aromatic N) is 1. The number of likely N-dealkylation sites (tertiary alicyclic amines) is 1. The Morgan fingerprint density at radius 2 is 2.11 bits per heavy atom. The van der Waals surface area contributed by atoms with Crippen LogP contribution in [0.3, 0.4) is 0 Å². The molecule has 18 heavy (non-hydrogen) atoms. The molecule has 3 unspecified atom stereocenters. The average Bonchev–Trinajstić information content (AvgIpc) is 2.81. The second-order valence-corrected chi connectivity index (χ2v) is 5.33. The molecule has 0 amide bonds. The number of rotatable bonds is 2. The lowest BCUT2D eigenvalue weighted by molar-refractivity contribution is 0.184. The number of piperidine rings is 1. The van der Waals surface area contributed by atoms with Crippen LogP contribution < -0.4 is 15.6 Å². The third-order valence-corrected chi connectivity index (χ3v) is 4.19. The Hall–Kier alpha value is -1.10. The summed E-state index contributed by atoms with van der Waals surface area (Å²) >= 11 is 0. The van der Waals surface area contributed by atoms with Crippen LogP contribution in [-0.2, 0) is 0 Å². The van der Waals surface area contributed by atoms with E-state index < -0.39 is 0 Å². The van der Waals surface area contributed by atoms with Crippen LogP contribution in [0.4, 0.5) is 0 Å². The van der Waals surface area contributed by atoms with Gasteiger partial charge in [0.05, 0.1) is 13.2 Å². The lowest BCUT2D eigenvalue weighted by atomic mass is 9.85. The first-order valence-corrected chi connectivity index (χ1v) is 6.62. The molecule has 1 aromatic carbocycles. The summed E-state index contributed by atoms with van der Waals surface area (Å²) in [6.07, 6.45) is 1.21.